The van der Waals surface area contributed by atoms with Crippen molar-refractivity contribution in [1.29, 1.82) is 0 Å². The molecule has 20 heavy (non-hydrogen) atoms. The SMILES string of the molecule is CCNc1cc(C)c(S(=O)(=O)NCCC2CC2)c(C)c1. The maximum atomic E-state index is 12.4. The molecule has 0 amide bonds. The summed E-state index contributed by atoms with van der Waals surface area (Å²) in [5.41, 5.74) is 2.55. The standard InChI is InChI=1S/C15H24N2O2S/c1-4-16-14-9-11(2)15(12(3)10-14)20(18,19)17-8-7-13-5-6-13/h9-10,13,16-17H,4-8H2,1-3H3. The molecule has 1 aliphatic carbocycles. The summed E-state index contributed by atoms with van der Waals surface area (Å²) < 4.78 is 27.6. The Morgan fingerprint density at radius 3 is 2.30 bits per heavy atom. The molecular weight excluding hydrogens is 272 g/mol. The number of sulfonamides is 1. The number of anilines is 1. The highest BCUT2D eigenvalue weighted by molar-refractivity contribution is 7.89. The van der Waals surface area contributed by atoms with E-state index in [0.717, 1.165) is 35.7 Å². The normalized spacial score (nSPS) is 15.3. The Morgan fingerprint density at radius 1 is 1.20 bits per heavy atom. The van der Waals surface area contributed by atoms with Gasteiger partial charge in [0, 0.05) is 18.8 Å². The predicted octanol–water partition coefficient (Wildman–Crippen LogP) is 2.81. The number of rotatable bonds is 7. The zero-order valence-electron chi connectivity index (χ0n) is 12.5. The maximum absolute atomic E-state index is 12.4. The lowest BCUT2D eigenvalue weighted by atomic mass is 10.1. The highest BCUT2D eigenvalue weighted by Crippen LogP contribution is 2.32. The molecule has 0 spiro atoms. The molecule has 2 rings (SSSR count). The van der Waals surface area contributed by atoms with Crippen molar-refractivity contribution in [2.75, 3.05) is 18.4 Å². The second-order valence-corrected chi connectivity index (χ2v) is 7.30. The van der Waals surface area contributed by atoms with Crippen molar-refractivity contribution in [1.82, 2.24) is 4.72 Å². The largest absolute Gasteiger partial charge is 0.385 e. The average Bonchev–Trinajstić information content (AvgIpc) is 3.11. The average molecular weight is 296 g/mol. The van der Waals surface area contributed by atoms with Crippen molar-refractivity contribution in [3.63, 3.8) is 0 Å². The van der Waals surface area contributed by atoms with Crippen molar-refractivity contribution in [2.45, 2.75) is 44.9 Å². The van der Waals surface area contributed by atoms with E-state index in [4.69, 9.17) is 0 Å². The molecule has 0 bridgehead atoms. The number of nitrogens with one attached hydrogen (secondary N) is 2. The van der Waals surface area contributed by atoms with Crippen molar-refractivity contribution in [2.24, 2.45) is 5.92 Å². The van der Waals surface area contributed by atoms with Gasteiger partial charge in [-0.25, -0.2) is 13.1 Å². The Balaban J connectivity index is 2.16. The van der Waals surface area contributed by atoms with Crippen LogP contribution in [0.5, 0.6) is 0 Å². The molecule has 0 radical (unpaired) electrons. The predicted molar refractivity (Wildman–Crippen MR) is 82.6 cm³/mol. The summed E-state index contributed by atoms with van der Waals surface area (Å²) in [5, 5.41) is 3.22. The smallest absolute Gasteiger partial charge is 0.241 e. The summed E-state index contributed by atoms with van der Waals surface area (Å²) in [5.74, 6) is 0.732. The van der Waals surface area contributed by atoms with Gasteiger partial charge in [-0.15, -0.1) is 0 Å². The van der Waals surface area contributed by atoms with E-state index >= 15 is 0 Å². The summed E-state index contributed by atoms with van der Waals surface area (Å²) in [6.45, 7) is 7.09. The van der Waals surface area contributed by atoms with Crippen LogP contribution < -0.4 is 10.0 Å². The van der Waals surface area contributed by atoms with Gasteiger partial charge in [-0.05, 0) is 56.4 Å². The maximum Gasteiger partial charge on any atom is 0.241 e. The quantitative estimate of drug-likeness (QED) is 0.813. The molecule has 4 nitrogen and oxygen atoms in total. The minimum Gasteiger partial charge on any atom is -0.385 e. The van der Waals surface area contributed by atoms with Crippen LogP contribution in [0.2, 0.25) is 0 Å². The zero-order valence-corrected chi connectivity index (χ0v) is 13.3. The van der Waals surface area contributed by atoms with Crippen LogP contribution in [0.3, 0.4) is 0 Å². The fourth-order valence-electron chi connectivity index (χ4n) is 2.56. The molecule has 1 aromatic carbocycles. The highest BCUT2D eigenvalue weighted by Gasteiger charge is 2.23. The first-order valence-corrected chi connectivity index (χ1v) is 8.77. The number of hydrogen-bond donors (Lipinski definition) is 2. The van der Waals surface area contributed by atoms with Crippen molar-refractivity contribution in [3.8, 4) is 0 Å². The van der Waals surface area contributed by atoms with Gasteiger partial charge >= 0.3 is 0 Å². The van der Waals surface area contributed by atoms with Gasteiger partial charge in [0.05, 0.1) is 4.90 Å². The fraction of sp³-hybridized carbons (Fsp3) is 0.600. The first kappa shape index (κ1) is 15.3. The van der Waals surface area contributed by atoms with Crippen LogP contribution in [0.25, 0.3) is 0 Å². The van der Waals surface area contributed by atoms with E-state index in [0.29, 0.717) is 11.4 Å². The molecule has 0 unspecified atom stereocenters. The summed E-state index contributed by atoms with van der Waals surface area (Å²) >= 11 is 0. The summed E-state index contributed by atoms with van der Waals surface area (Å²) in [6.07, 6.45) is 3.45. The van der Waals surface area contributed by atoms with E-state index in [-0.39, 0.29) is 0 Å². The second kappa shape index (κ2) is 6.14. The third-order valence-electron chi connectivity index (χ3n) is 3.65. The summed E-state index contributed by atoms with van der Waals surface area (Å²) in [4.78, 5) is 0.426. The molecule has 1 saturated carbocycles. The van der Waals surface area contributed by atoms with Gasteiger partial charge in [-0.2, -0.15) is 0 Å². The Morgan fingerprint density at radius 2 is 1.80 bits per heavy atom. The third kappa shape index (κ3) is 3.73. The zero-order chi connectivity index (χ0) is 14.8. The first-order valence-electron chi connectivity index (χ1n) is 7.29. The Labute approximate surface area is 122 Å². The third-order valence-corrected chi connectivity index (χ3v) is 5.42. The van der Waals surface area contributed by atoms with Crippen molar-refractivity contribution >= 4 is 15.7 Å². The Kier molecular flexibility index (Phi) is 4.70. The van der Waals surface area contributed by atoms with Crippen LogP contribution in [0.15, 0.2) is 17.0 Å². The van der Waals surface area contributed by atoms with E-state index in [2.05, 4.69) is 10.0 Å². The van der Waals surface area contributed by atoms with Gasteiger partial charge in [0.1, 0.15) is 0 Å². The summed E-state index contributed by atoms with van der Waals surface area (Å²) in [7, 11) is -3.40. The molecule has 1 fully saturated rings. The second-order valence-electron chi connectivity index (χ2n) is 5.60. The topological polar surface area (TPSA) is 58.2 Å². The van der Waals surface area contributed by atoms with Crippen LogP contribution in [0.1, 0.15) is 37.3 Å². The van der Waals surface area contributed by atoms with Gasteiger partial charge in [0.15, 0.2) is 0 Å². The molecule has 0 saturated heterocycles. The lowest BCUT2D eigenvalue weighted by Gasteiger charge is -2.14. The van der Waals surface area contributed by atoms with E-state index in [1.54, 1.807) is 0 Å². The molecule has 5 heteroatoms. The lowest BCUT2D eigenvalue weighted by molar-refractivity contribution is 0.574. The van der Waals surface area contributed by atoms with Crippen LogP contribution in [0, 0.1) is 19.8 Å². The van der Waals surface area contributed by atoms with Crippen molar-refractivity contribution < 1.29 is 8.42 Å². The minimum atomic E-state index is -3.40. The molecule has 0 aromatic heterocycles. The highest BCUT2D eigenvalue weighted by atomic mass is 32.2. The molecule has 0 atom stereocenters. The van der Waals surface area contributed by atoms with E-state index in [1.165, 1.54) is 12.8 Å². The molecule has 0 heterocycles. The minimum absolute atomic E-state index is 0.426. The molecule has 2 N–H and O–H groups in total. The van der Waals surface area contributed by atoms with Gasteiger partial charge < -0.3 is 5.32 Å². The van der Waals surface area contributed by atoms with E-state index < -0.39 is 10.0 Å². The molecule has 1 aromatic rings. The number of aryl methyl sites for hydroxylation is 2. The van der Waals surface area contributed by atoms with Crippen LogP contribution in [0.4, 0.5) is 5.69 Å². The fourth-order valence-corrected chi connectivity index (χ4v) is 4.05. The molecule has 1 aliphatic rings. The first-order chi connectivity index (χ1) is 9.44. The van der Waals surface area contributed by atoms with Gasteiger partial charge in [0.2, 0.25) is 10.0 Å². The Hall–Kier alpha value is -1.07. The molecular formula is C15H24N2O2S. The Bertz CT molecular complexity index is 555. The van der Waals surface area contributed by atoms with E-state index in [1.807, 2.05) is 32.9 Å². The van der Waals surface area contributed by atoms with Gasteiger partial charge in [-0.3, -0.25) is 0 Å². The summed E-state index contributed by atoms with van der Waals surface area (Å²) in [6, 6.07) is 3.79. The molecule has 112 valence electrons. The number of benzene rings is 1. The van der Waals surface area contributed by atoms with Crippen LogP contribution in [-0.2, 0) is 10.0 Å². The molecule has 0 aliphatic heterocycles. The number of hydrogen-bond acceptors (Lipinski definition) is 3. The van der Waals surface area contributed by atoms with Crippen LogP contribution in [-0.4, -0.2) is 21.5 Å². The lowest BCUT2D eigenvalue weighted by Crippen LogP contribution is -2.26. The van der Waals surface area contributed by atoms with Crippen LogP contribution >= 0.6 is 0 Å². The van der Waals surface area contributed by atoms with E-state index in [9.17, 15) is 8.42 Å². The van der Waals surface area contributed by atoms with Gasteiger partial charge in [-0.1, -0.05) is 12.8 Å². The van der Waals surface area contributed by atoms with Crippen molar-refractivity contribution in [3.05, 3.63) is 23.3 Å². The van der Waals surface area contributed by atoms with Gasteiger partial charge in [0.25, 0.3) is 0 Å². The monoisotopic (exact) mass is 296 g/mol.